The molecule has 0 spiro atoms. The van der Waals surface area contributed by atoms with E-state index in [4.69, 9.17) is 30.4 Å². The number of nitrogens with one attached hydrogen (secondary N) is 2. The summed E-state index contributed by atoms with van der Waals surface area (Å²) in [5.41, 5.74) is 4.89. The number of hydrogen-bond acceptors (Lipinski definition) is 17. The van der Waals surface area contributed by atoms with Crippen LogP contribution in [0.15, 0.2) is 65.0 Å². The van der Waals surface area contributed by atoms with Crippen LogP contribution >= 0.6 is 23.1 Å². The van der Waals surface area contributed by atoms with Crippen LogP contribution in [0.5, 0.6) is 11.5 Å². The molecule has 55 heavy (non-hydrogen) atoms. The van der Waals surface area contributed by atoms with E-state index in [-0.39, 0.29) is 27.2 Å². The molecule has 1 fully saturated rings. The predicted octanol–water partition coefficient (Wildman–Crippen LogP) is 0.219. The van der Waals surface area contributed by atoms with Gasteiger partial charge < -0.3 is 46.2 Å². The molecule has 0 radical (unpaired) electrons. The van der Waals surface area contributed by atoms with Gasteiger partial charge in [-0.3, -0.25) is 18.9 Å². The van der Waals surface area contributed by atoms with E-state index in [1.165, 1.54) is 62.8 Å². The van der Waals surface area contributed by atoms with Crippen molar-refractivity contribution in [2.45, 2.75) is 29.9 Å². The van der Waals surface area contributed by atoms with Crippen molar-refractivity contribution in [2.75, 3.05) is 38.1 Å². The van der Waals surface area contributed by atoms with Gasteiger partial charge in [-0.1, -0.05) is 23.9 Å². The first-order chi connectivity index (χ1) is 26.1. The Labute approximate surface area is 321 Å². The fraction of sp³-hybridized carbons (Fsp3) is 0.290. The molecule has 5 rings (SSSR count). The Morgan fingerprint density at radius 2 is 1.75 bits per heavy atom. The van der Waals surface area contributed by atoms with E-state index in [1.807, 2.05) is 0 Å². The summed E-state index contributed by atoms with van der Waals surface area (Å²) in [4.78, 5) is 70.7. The molecule has 2 aromatic carbocycles. The minimum Gasteiger partial charge on any atom is -0.497 e. The summed E-state index contributed by atoms with van der Waals surface area (Å²) in [7, 11) is -2.51. The molecule has 0 bridgehead atoms. The molecular formula is C31H34N8O13S3. The largest absolute Gasteiger partial charge is 0.497 e. The van der Waals surface area contributed by atoms with Gasteiger partial charge >= 0.3 is 22.4 Å². The Kier molecular flexibility index (Phi) is 12.1. The smallest absolute Gasteiger partial charge is 0.434 e. The standard InChI is InChI=1S/C31H34N8O13S3/c1-49-21-7-3-18(4-8-21)12-52-31(26(43)44,30(36-24(41)11-34-17-40)16-37(25(30)42)55(46,47)48)23-15-54-28(33)39(23)38(20-5-9-22(50-2)10-6-20)29(45)51-13-19-14-53-27(32)35-19/h3-10,14-15,17,28H,11-13,16,33H2,1-2H3,(H2,32,35)(H,34,40)(H,36,41)(H,43,44)(H,46,47,48)/t28?,30-,31?/m1/s1. The van der Waals surface area contributed by atoms with Gasteiger partial charge in [0.1, 0.15) is 23.6 Å². The number of nitrogens with zero attached hydrogens (tertiary/aromatic N) is 4. The number of carbonyl (C=O) groups is 5. The van der Waals surface area contributed by atoms with Crippen molar-refractivity contribution in [1.82, 2.24) is 24.9 Å². The van der Waals surface area contributed by atoms with Crippen LogP contribution in [0.25, 0.3) is 0 Å². The molecule has 3 aromatic rings. The van der Waals surface area contributed by atoms with E-state index in [9.17, 15) is 42.0 Å². The number of ether oxygens (including phenoxy) is 4. The van der Waals surface area contributed by atoms with Gasteiger partial charge in [0.05, 0.1) is 51.0 Å². The van der Waals surface area contributed by atoms with Gasteiger partial charge in [-0.05, 0) is 47.4 Å². The number of rotatable bonds is 17. The molecule has 0 aliphatic carbocycles. The van der Waals surface area contributed by atoms with Crippen molar-refractivity contribution in [3.05, 3.63) is 76.3 Å². The van der Waals surface area contributed by atoms with Gasteiger partial charge in [0.25, 0.3) is 5.91 Å². The van der Waals surface area contributed by atoms with E-state index in [0.29, 0.717) is 17.1 Å². The summed E-state index contributed by atoms with van der Waals surface area (Å²) in [5, 5.41) is 20.3. The quantitative estimate of drug-likeness (QED) is 0.0603. The number of hydrogen-bond donors (Lipinski definition) is 6. The molecule has 4 amide bonds. The molecule has 8 N–H and O–H groups in total. The summed E-state index contributed by atoms with van der Waals surface area (Å²) in [6.07, 6.45) is -0.998. The number of β-lactam (4-membered cyclic amide) rings is 1. The molecule has 3 atom stereocenters. The maximum atomic E-state index is 14.2. The number of carbonyl (C=O) groups excluding carboxylic acids is 4. The highest BCUT2D eigenvalue weighted by atomic mass is 32.2. The Morgan fingerprint density at radius 3 is 2.27 bits per heavy atom. The number of nitrogen functional groups attached to an aromatic ring is 1. The van der Waals surface area contributed by atoms with Gasteiger partial charge in [0.2, 0.25) is 17.9 Å². The van der Waals surface area contributed by atoms with Crippen LogP contribution in [0.2, 0.25) is 0 Å². The molecule has 1 aromatic heterocycles. The van der Waals surface area contributed by atoms with Crippen LogP contribution in [-0.4, -0.2) is 107 Å². The number of aliphatic carboxylic acids is 1. The SMILES string of the molecule is COc1ccc(COC(C(=O)O)(C2=CSC(N)N2N(C(=O)OCc2csc(N)n2)c2ccc(OC)cc2)[C@@]2(NC(=O)CNC=O)CN(S(=O)(=O)O)C2=O)cc1. The molecule has 0 saturated carbocycles. The molecule has 2 unspecified atom stereocenters. The number of aromatic nitrogens is 1. The highest BCUT2D eigenvalue weighted by Gasteiger charge is 2.76. The van der Waals surface area contributed by atoms with E-state index in [1.54, 1.807) is 5.38 Å². The molecule has 3 heterocycles. The van der Waals surface area contributed by atoms with Crippen LogP contribution in [-0.2, 0) is 52.2 Å². The number of benzene rings is 2. The lowest BCUT2D eigenvalue weighted by atomic mass is 9.71. The lowest BCUT2D eigenvalue weighted by Crippen LogP contribution is -2.87. The van der Waals surface area contributed by atoms with Crippen molar-refractivity contribution in [2.24, 2.45) is 5.73 Å². The first kappa shape index (κ1) is 40.5. The third-order valence-corrected chi connectivity index (χ3v) is 10.7. The summed E-state index contributed by atoms with van der Waals surface area (Å²) < 4.78 is 56.7. The maximum Gasteiger partial charge on any atom is 0.434 e. The van der Waals surface area contributed by atoms with Crippen molar-refractivity contribution in [3.63, 3.8) is 0 Å². The number of hydrazine groups is 1. The van der Waals surface area contributed by atoms with Crippen LogP contribution in [0, 0.1) is 0 Å². The Morgan fingerprint density at radius 1 is 1.11 bits per heavy atom. The average Bonchev–Trinajstić information content (AvgIpc) is 3.76. The second-order valence-electron chi connectivity index (χ2n) is 11.5. The summed E-state index contributed by atoms with van der Waals surface area (Å²) in [5.74, 6) is -3.98. The summed E-state index contributed by atoms with van der Waals surface area (Å²) in [6.45, 7) is -3.03. The lowest BCUT2D eigenvalue weighted by molar-refractivity contribution is -0.196. The number of methoxy groups -OCH3 is 2. The summed E-state index contributed by atoms with van der Waals surface area (Å²) >= 11 is 1.85. The van der Waals surface area contributed by atoms with E-state index in [0.717, 1.165) is 38.5 Å². The fourth-order valence-corrected chi connectivity index (χ4v) is 7.82. The predicted molar refractivity (Wildman–Crippen MR) is 194 cm³/mol. The maximum absolute atomic E-state index is 14.2. The van der Waals surface area contributed by atoms with Gasteiger partial charge in [-0.2, -0.15) is 13.4 Å². The van der Waals surface area contributed by atoms with Crippen molar-refractivity contribution < 1.29 is 61.0 Å². The highest BCUT2D eigenvalue weighted by Crippen LogP contribution is 2.49. The Hall–Kier alpha value is -5.66. The fourth-order valence-electron chi connectivity index (χ4n) is 5.68. The molecule has 2 aliphatic rings. The van der Waals surface area contributed by atoms with Gasteiger partial charge in [-0.15, -0.1) is 11.3 Å². The van der Waals surface area contributed by atoms with Crippen molar-refractivity contribution in [1.29, 1.82) is 0 Å². The molecule has 24 heteroatoms. The monoisotopic (exact) mass is 822 g/mol. The number of carboxylic acid groups (broad SMARTS) is 1. The minimum absolute atomic E-state index is 0.0228. The third kappa shape index (κ3) is 7.94. The first-order valence-electron chi connectivity index (χ1n) is 15.6. The van der Waals surface area contributed by atoms with E-state index < -0.39 is 82.8 Å². The lowest BCUT2D eigenvalue weighted by Gasteiger charge is -2.56. The van der Waals surface area contributed by atoms with Crippen molar-refractivity contribution >= 4 is 74.5 Å². The van der Waals surface area contributed by atoms with Gasteiger partial charge in [0, 0.05) is 5.38 Å². The number of nitrogens with two attached hydrogens (primary N) is 2. The van der Waals surface area contributed by atoms with Crippen LogP contribution in [0.4, 0.5) is 15.6 Å². The van der Waals surface area contributed by atoms with Crippen LogP contribution in [0.3, 0.4) is 0 Å². The number of amides is 4. The molecular weight excluding hydrogens is 789 g/mol. The van der Waals surface area contributed by atoms with E-state index in [2.05, 4.69) is 15.6 Å². The topological polar surface area (TPSA) is 296 Å². The van der Waals surface area contributed by atoms with E-state index >= 15 is 0 Å². The second-order valence-corrected chi connectivity index (χ2v) is 14.7. The molecule has 294 valence electrons. The number of thiazole rings is 1. The minimum atomic E-state index is -5.33. The Bertz CT molecular complexity index is 2080. The Balaban J connectivity index is 1.71. The third-order valence-electron chi connectivity index (χ3n) is 8.25. The van der Waals surface area contributed by atoms with Gasteiger partial charge in [0.15, 0.2) is 10.7 Å². The zero-order valence-electron chi connectivity index (χ0n) is 28.8. The van der Waals surface area contributed by atoms with Crippen molar-refractivity contribution in [3.8, 4) is 11.5 Å². The zero-order valence-corrected chi connectivity index (χ0v) is 31.3. The normalized spacial score (nSPS) is 19.0. The molecule has 1 saturated heterocycles. The van der Waals surface area contributed by atoms with Crippen LogP contribution < -0.4 is 36.6 Å². The zero-order chi connectivity index (χ0) is 40.1. The number of anilines is 2. The summed E-state index contributed by atoms with van der Waals surface area (Å²) in [6, 6.07) is 11.8. The molecule has 2 aliphatic heterocycles. The average molecular weight is 823 g/mol. The first-order valence-corrected chi connectivity index (χ1v) is 18.8. The highest BCUT2D eigenvalue weighted by molar-refractivity contribution is 8.02. The van der Waals surface area contributed by atoms with Crippen LogP contribution in [0.1, 0.15) is 11.3 Å². The number of thioether (sulfide) groups is 1. The molecule has 21 nitrogen and oxygen atoms in total. The number of carboxylic acids is 1. The second kappa shape index (κ2) is 16.4. The van der Waals surface area contributed by atoms with Gasteiger partial charge in [-0.25, -0.2) is 23.9 Å².